The van der Waals surface area contributed by atoms with E-state index in [1.165, 1.54) is 0 Å². The van der Waals surface area contributed by atoms with E-state index in [2.05, 4.69) is 12.0 Å². The van der Waals surface area contributed by atoms with Crippen LogP contribution in [-0.4, -0.2) is 53.6 Å². The molecule has 1 atom stereocenters. The van der Waals surface area contributed by atoms with Gasteiger partial charge in [-0.1, -0.05) is 6.92 Å². The average Bonchev–Trinajstić information content (AvgIpc) is 3.01. The molecule has 2 fully saturated rings. The minimum absolute atomic E-state index is 0.0245. The SMILES string of the molecule is Cc1c(C(=O)N2CCC(C)CC2)cnn1[C@H]1CCS(=O)(=O)C1. The van der Waals surface area contributed by atoms with Gasteiger partial charge < -0.3 is 4.90 Å². The van der Waals surface area contributed by atoms with Crippen LogP contribution < -0.4 is 0 Å². The first kappa shape index (κ1) is 15.5. The van der Waals surface area contributed by atoms with E-state index in [0.29, 0.717) is 17.9 Å². The van der Waals surface area contributed by atoms with Gasteiger partial charge in [0.05, 0.1) is 29.3 Å². The summed E-state index contributed by atoms with van der Waals surface area (Å²) < 4.78 is 25.0. The molecule has 2 saturated heterocycles. The first-order valence-electron chi connectivity index (χ1n) is 7.91. The van der Waals surface area contributed by atoms with Gasteiger partial charge in [-0.15, -0.1) is 0 Å². The number of sulfone groups is 1. The third-order valence-corrected chi connectivity index (χ3v) is 6.65. The number of hydrogen-bond donors (Lipinski definition) is 0. The van der Waals surface area contributed by atoms with Crippen molar-refractivity contribution in [3.05, 3.63) is 17.5 Å². The lowest BCUT2D eigenvalue weighted by molar-refractivity contribution is 0.0696. The summed E-state index contributed by atoms with van der Waals surface area (Å²) in [4.78, 5) is 14.5. The van der Waals surface area contributed by atoms with Crippen LogP contribution in [0, 0.1) is 12.8 Å². The molecule has 7 heteroatoms. The number of hydrogen-bond acceptors (Lipinski definition) is 4. The summed E-state index contributed by atoms with van der Waals surface area (Å²) in [6, 6.07) is -0.132. The van der Waals surface area contributed by atoms with E-state index >= 15 is 0 Å². The van der Waals surface area contributed by atoms with Crippen LogP contribution in [0.4, 0.5) is 0 Å². The number of nitrogens with zero attached hydrogens (tertiary/aromatic N) is 3. The minimum atomic E-state index is -2.95. The maximum atomic E-state index is 12.6. The molecule has 122 valence electrons. The molecule has 3 heterocycles. The van der Waals surface area contributed by atoms with Crippen LogP contribution in [0.1, 0.15) is 48.3 Å². The zero-order chi connectivity index (χ0) is 15.9. The number of piperidine rings is 1. The molecule has 2 aliphatic rings. The van der Waals surface area contributed by atoms with Crippen LogP contribution >= 0.6 is 0 Å². The highest BCUT2D eigenvalue weighted by molar-refractivity contribution is 7.91. The zero-order valence-electron chi connectivity index (χ0n) is 13.2. The van der Waals surface area contributed by atoms with Crippen molar-refractivity contribution >= 4 is 15.7 Å². The van der Waals surface area contributed by atoms with E-state index in [9.17, 15) is 13.2 Å². The van der Waals surface area contributed by atoms with Crippen LogP contribution in [0.25, 0.3) is 0 Å². The lowest BCUT2D eigenvalue weighted by Gasteiger charge is -2.30. The molecule has 22 heavy (non-hydrogen) atoms. The highest BCUT2D eigenvalue weighted by Gasteiger charge is 2.32. The van der Waals surface area contributed by atoms with Gasteiger partial charge >= 0.3 is 0 Å². The highest BCUT2D eigenvalue weighted by Crippen LogP contribution is 2.26. The maximum Gasteiger partial charge on any atom is 0.257 e. The topological polar surface area (TPSA) is 72.3 Å². The zero-order valence-corrected chi connectivity index (χ0v) is 14.0. The van der Waals surface area contributed by atoms with Gasteiger partial charge in [-0.05, 0) is 32.1 Å². The van der Waals surface area contributed by atoms with Gasteiger partial charge in [0.2, 0.25) is 0 Å². The molecule has 1 aromatic heterocycles. The van der Waals surface area contributed by atoms with Gasteiger partial charge in [-0.3, -0.25) is 9.48 Å². The van der Waals surface area contributed by atoms with Gasteiger partial charge in [0, 0.05) is 18.8 Å². The Labute approximate surface area is 131 Å². The van der Waals surface area contributed by atoms with Crippen LogP contribution in [-0.2, 0) is 9.84 Å². The van der Waals surface area contributed by atoms with Gasteiger partial charge in [-0.2, -0.15) is 5.10 Å². The third-order valence-electron chi connectivity index (χ3n) is 4.90. The van der Waals surface area contributed by atoms with Crippen LogP contribution in [0.3, 0.4) is 0 Å². The number of rotatable bonds is 2. The van der Waals surface area contributed by atoms with E-state index < -0.39 is 9.84 Å². The Hall–Kier alpha value is -1.37. The average molecular weight is 325 g/mol. The van der Waals surface area contributed by atoms with Crippen molar-refractivity contribution in [1.29, 1.82) is 0 Å². The Balaban J connectivity index is 1.77. The normalized spacial score (nSPS) is 25.5. The Morgan fingerprint density at radius 1 is 1.27 bits per heavy atom. The fourth-order valence-corrected chi connectivity index (χ4v) is 5.04. The molecule has 0 unspecified atom stereocenters. The smallest absolute Gasteiger partial charge is 0.257 e. The highest BCUT2D eigenvalue weighted by atomic mass is 32.2. The lowest BCUT2D eigenvalue weighted by atomic mass is 9.99. The lowest BCUT2D eigenvalue weighted by Crippen LogP contribution is -2.38. The Morgan fingerprint density at radius 3 is 2.55 bits per heavy atom. The van der Waals surface area contributed by atoms with Crippen molar-refractivity contribution in [3.8, 4) is 0 Å². The monoisotopic (exact) mass is 325 g/mol. The standard InChI is InChI=1S/C15H23N3O3S/c1-11-3-6-17(7-4-11)15(19)14-9-16-18(12(14)2)13-5-8-22(20,21)10-13/h9,11,13H,3-8,10H2,1-2H3/t13-/m0/s1. The summed E-state index contributed by atoms with van der Waals surface area (Å²) in [5.41, 5.74) is 1.39. The Bertz CT molecular complexity index is 672. The van der Waals surface area contributed by atoms with Crippen molar-refractivity contribution in [3.63, 3.8) is 0 Å². The van der Waals surface area contributed by atoms with Crippen molar-refractivity contribution in [2.45, 2.75) is 39.2 Å². The summed E-state index contributed by atoms with van der Waals surface area (Å²) in [6.07, 6.45) is 4.26. The van der Waals surface area contributed by atoms with Crippen LogP contribution in [0.15, 0.2) is 6.20 Å². The van der Waals surface area contributed by atoms with Gasteiger partial charge in [0.25, 0.3) is 5.91 Å². The third kappa shape index (κ3) is 2.91. The molecule has 0 aliphatic carbocycles. The second kappa shape index (κ2) is 5.68. The molecule has 0 bridgehead atoms. The number of carbonyl (C=O) groups excluding carboxylic acids is 1. The fraction of sp³-hybridized carbons (Fsp3) is 0.733. The second-order valence-corrected chi connectivity index (χ2v) is 8.85. The van der Waals surface area contributed by atoms with Gasteiger partial charge in [0.15, 0.2) is 9.84 Å². The molecular formula is C15H23N3O3S. The first-order chi connectivity index (χ1) is 10.4. The molecule has 6 nitrogen and oxygen atoms in total. The van der Waals surface area contributed by atoms with Crippen molar-refractivity contribution in [2.75, 3.05) is 24.6 Å². The summed E-state index contributed by atoms with van der Waals surface area (Å²) in [5.74, 6) is 1.04. The van der Waals surface area contributed by atoms with E-state index in [0.717, 1.165) is 31.6 Å². The van der Waals surface area contributed by atoms with E-state index in [-0.39, 0.29) is 23.5 Å². The summed E-state index contributed by atoms with van der Waals surface area (Å²) in [5, 5.41) is 4.30. The first-order valence-corrected chi connectivity index (χ1v) is 9.73. The number of likely N-dealkylation sites (tertiary alicyclic amines) is 1. The molecule has 0 spiro atoms. The maximum absolute atomic E-state index is 12.6. The van der Waals surface area contributed by atoms with Crippen molar-refractivity contribution < 1.29 is 13.2 Å². The van der Waals surface area contributed by atoms with Crippen LogP contribution in [0.5, 0.6) is 0 Å². The van der Waals surface area contributed by atoms with Gasteiger partial charge in [-0.25, -0.2) is 8.42 Å². The number of aromatic nitrogens is 2. The number of amides is 1. The molecule has 0 N–H and O–H groups in total. The second-order valence-electron chi connectivity index (χ2n) is 6.62. The molecule has 3 rings (SSSR count). The number of carbonyl (C=O) groups is 1. The van der Waals surface area contributed by atoms with E-state index in [1.807, 2.05) is 11.8 Å². The summed E-state index contributed by atoms with van der Waals surface area (Å²) in [6.45, 7) is 5.66. The minimum Gasteiger partial charge on any atom is -0.339 e. The molecule has 0 aromatic carbocycles. The quantitative estimate of drug-likeness (QED) is 0.824. The van der Waals surface area contributed by atoms with Crippen LogP contribution in [0.2, 0.25) is 0 Å². The summed E-state index contributed by atoms with van der Waals surface area (Å²) in [7, 11) is -2.95. The largest absolute Gasteiger partial charge is 0.339 e. The summed E-state index contributed by atoms with van der Waals surface area (Å²) >= 11 is 0. The molecular weight excluding hydrogens is 302 g/mol. The molecule has 0 saturated carbocycles. The predicted molar refractivity (Wildman–Crippen MR) is 83.6 cm³/mol. The molecule has 1 aromatic rings. The predicted octanol–water partition coefficient (Wildman–Crippen LogP) is 1.42. The van der Waals surface area contributed by atoms with Crippen molar-refractivity contribution in [2.24, 2.45) is 5.92 Å². The molecule has 2 aliphatic heterocycles. The van der Waals surface area contributed by atoms with Crippen molar-refractivity contribution in [1.82, 2.24) is 14.7 Å². The van der Waals surface area contributed by atoms with Gasteiger partial charge in [0.1, 0.15) is 0 Å². The molecule has 1 amide bonds. The van der Waals surface area contributed by atoms with E-state index in [4.69, 9.17) is 0 Å². The van der Waals surface area contributed by atoms with E-state index in [1.54, 1.807) is 10.9 Å². The fourth-order valence-electron chi connectivity index (χ4n) is 3.35. The Morgan fingerprint density at radius 2 is 1.95 bits per heavy atom. The Kier molecular flexibility index (Phi) is 4.01. The molecule has 0 radical (unpaired) electrons.